The van der Waals surface area contributed by atoms with Gasteiger partial charge in [0.05, 0.1) is 12.6 Å². The second-order valence-electron chi connectivity index (χ2n) is 8.22. The van der Waals surface area contributed by atoms with Crippen molar-refractivity contribution in [1.29, 1.82) is 0 Å². The van der Waals surface area contributed by atoms with Crippen LogP contribution in [0.1, 0.15) is 42.0 Å². The molecule has 0 saturated heterocycles. The molecule has 1 atom stereocenters. The van der Waals surface area contributed by atoms with E-state index in [-0.39, 0.29) is 11.9 Å². The Morgan fingerprint density at radius 2 is 2.00 bits per heavy atom. The van der Waals surface area contributed by atoms with Crippen molar-refractivity contribution in [2.45, 2.75) is 39.3 Å². The minimum absolute atomic E-state index is 0.141. The van der Waals surface area contributed by atoms with Gasteiger partial charge in [0.1, 0.15) is 11.6 Å². The average Bonchev–Trinajstić information content (AvgIpc) is 3.40. The molecule has 2 aromatic carbocycles. The Morgan fingerprint density at radius 1 is 1.19 bits per heavy atom. The number of aromatic amines is 1. The summed E-state index contributed by atoms with van der Waals surface area (Å²) in [6.45, 7) is 5.91. The summed E-state index contributed by atoms with van der Waals surface area (Å²) in [7, 11) is 0. The number of hydrogen-bond acceptors (Lipinski definition) is 3. The van der Waals surface area contributed by atoms with E-state index in [9.17, 15) is 4.79 Å². The Balaban J connectivity index is 1.50. The van der Waals surface area contributed by atoms with Crippen LogP contribution in [0.4, 0.5) is 0 Å². The molecule has 1 aliphatic heterocycles. The normalized spacial score (nSPS) is 15.7. The number of benzene rings is 2. The van der Waals surface area contributed by atoms with Gasteiger partial charge in [-0.05, 0) is 49.6 Å². The van der Waals surface area contributed by atoms with Gasteiger partial charge in [-0.25, -0.2) is 4.98 Å². The van der Waals surface area contributed by atoms with Crippen LogP contribution in [-0.2, 0) is 17.8 Å². The number of para-hydroxylation sites is 1. The second-order valence-corrected chi connectivity index (χ2v) is 8.22. The van der Waals surface area contributed by atoms with Crippen LogP contribution in [0.5, 0.6) is 5.75 Å². The fourth-order valence-electron chi connectivity index (χ4n) is 4.77. The molecule has 1 N–H and O–H groups in total. The van der Waals surface area contributed by atoms with Crippen molar-refractivity contribution < 1.29 is 9.53 Å². The number of nitrogens with zero attached hydrogens (tertiary/aromatic N) is 3. The lowest BCUT2D eigenvalue weighted by Gasteiger charge is -2.36. The molecule has 3 heterocycles. The predicted molar refractivity (Wildman–Crippen MR) is 125 cm³/mol. The van der Waals surface area contributed by atoms with Crippen molar-refractivity contribution in [2.75, 3.05) is 13.2 Å². The van der Waals surface area contributed by atoms with Crippen LogP contribution in [0, 0.1) is 6.92 Å². The van der Waals surface area contributed by atoms with Gasteiger partial charge in [0.25, 0.3) is 0 Å². The Morgan fingerprint density at radius 3 is 2.75 bits per heavy atom. The summed E-state index contributed by atoms with van der Waals surface area (Å²) in [4.78, 5) is 23.4. The molecule has 0 unspecified atom stereocenters. The van der Waals surface area contributed by atoms with Gasteiger partial charge in [-0.15, -0.1) is 0 Å². The van der Waals surface area contributed by atoms with Crippen molar-refractivity contribution >= 4 is 16.8 Å². The maximum atomic E-state index is 13.4. The van der Waals surface area contributed by atoms with Crippen LogP contribution in [0.25, 0.3) is 10.9 Å². The van der Waals surface area contributed by atoms with E-state index in [1.54, 1.807) is 6.20 Å². The van der Waals surface area contributed by atoms with Gasteiger partial charge in [-0.2, -0.15) is 0 Å². The molecule has 0 radical (unpaired) electrons. The lowest BCUT2D eigenvalue weighted by Crippen LogP contribution is -2.41. The molecule has 1 amide bonds. The van der Waals surface area contributed by atoms with Gasteiger partial charge in [0.15, 0.2) is 0 Å². The number of H-pyrrole nitrogens is 1. The lowest BCUT2D eigenvalue weighted by atomic mass is 9.92. The van der Waals surface area contributed by atoms with Crippen molar-refractivity contribution in [1.82, 2.24) is 19.4 Å². The fraction of sp³-hybridized carbons (Fsp3) is 0.308. The highest BCUT2D eigenvalue weighted by atomic mass is 16.5. The number of rotatable bonds is 6. The van der Waals surface area contributed by atoms with Gasteiger partial charge < -0.3 is 19.2 Å². The summed E-state index contributed by atoms with van der Waals surface area (Å²) in [6, 6.07) is 16.4. The monoisotopic (exact) mass is 428 g/mol. The summed E-state index contributed by atoms with van der Waals surface area (Å²) >= 11 is 0. The van der Waals surface area contributed by atoms with E-state index in [4.69, 9.17) is 4.74 Å². The predicted octanol–water partition coefficient (Wildman–Crippen LogP) is 4.64. The quantitative estimate of drug-likeness (QED) is 0.487. The highest BCUT2D eigenvalue weighted by Crippen LogP contribution is 2.39. The number of fused-ring (bicyclic) bond motifs is 3. The topological polar surface area (TPSA) is 63.1 Å². The number of aryl methyl sites for hydroxylation is 2. The van der Waals surface area contributed by atoms with Crippen LogP contribution < -0.4 is 4.74 Å². The van der Waals surface area contributed by atoms with Gasteiger partial charge in [0, 0.05) is 48.5 Å². The number of ether oxygens (including phenoxy) is 1. The number of carbonyl (C=O) groups excluding carboxylic acids is 1. The zero-order valence-corrected chi connectivity index (χ0v) is 18.5. The standard InChI is InChI=1S/C26H28N4O2/c1-3-32-20-10-8-19(9-11-20)26-25-22(21-6-4-5-7-23(21)28-25)12-16-30(26)24(31)13-15-29-17-14-27-18(29)2/h4-11,14,17,26,28H,3,12-13,15-16H2,1-2H3/t26-/m0/s1. The Labute approximate surface area is 187 Å². The average molecular weight is 429 g/mol. The molecule has 4 aromatic rings. The zero-order chi connectivity index (χ0) is 22.1. The maximum Gasteiger partial charge on any atom is 0.225 e. The molecular weight excluding hydrogens is 400 g/mol. The van der Waals surface area contributed by atoms with Crippen LogP contribution in [-0.4, -0.2) is 38.5 Å². The van der Waals surface area contributed by atoms with Crippen molar-refractivity contribution in [3.63, 3.8) is 0 Å². The van der Waals surface area contributed by atoms with E-state index >= 15 is 0 Å². The molecular formula is C26H28N4O2. The van der Waals surface area contributed by atoms with Crippen LogP contribution in [0.2, 0.25) is 0 Å². The molecule has 0 aliphatic carbocycles. The minimum Gasteiger partial charge on any atom is -0.494 e. The first kappa shape index (κ1) is 20.4. The molecule has 6 nitrogen and oxygen atoms in total. The van der Waals surface area contributed by atoms with Crippen molar-refractivity contribution in [3.05, 3.63) is 83.6 Å². The number of amides is 1. The van der Waals surface area contributed by atoms with Crippen LogP contribution in [0.3, 0.4) is 0 Å². The number of nitrogens with one attached hydrogen (secondary N) is 1. The molecule has 164 valence electrons. The van der Waals surface area contributed by atoms with E-state index in [1.807, 2.05) is 47.7 Å². The maximum absolute atomic E-state index is 13.4. The summed E-state index contributed by atoms with van der Waals surface area (Å²) in [5.41, 5.74) is 4.65. The first-order valence-corrected chi connectivity index (χ1v) is 11.2. The molecule has 32 heavy (non-hydrogen) atoms. The van der Waals surface area contributed by atoms with E-state index in [2.05, 4.69) is 40.3 Å². The van der Waals surface area contributed by atoms with Crippen molar-refractivity contribution in [3.8, 4) is 5.75 Å². The largest absolute Gasteiger partial charge is 0.494 e. The van der Waals surface area contributed by atoms with E-state index in [0.29, 0.717) is 26.1 Å². The summed E-state index contributed by atoms with van der Waals surface area (Å²) in [6.07, 6.45) is 5.00. The third-order valence-corrected chi connectivity index (χ3v) is 6.35. The molecule has 0 saturated carbocycles. The molecule has 2 aromatic heterocycles. The third-order valence-electron chi connectivity index (χ3n) is 6.35. The molecule has 0 fully saturated rings. The van der Waals surface area contributed by atoms with Gasteiger partial charge in [-0.1, -0.05) is 30.3 Å². The van der Waals surface area contributed by atoms with Crippen LogP contribution in [0.15, 0.2) is 60.9 Å². The Kier molecular flexibility index (Phi) is 5.43. The smallest absolute Gasteiger partial charge is 0.225 e. The van der Waals surface area contributed by atoms with Gasteiger partial charge in [0.2, 0.25) is 5.91 Å². The van der Waals surface area contributed by atoms with E-state index in [1.165, 1.54) is 10.9 Å². The van der Waals surface area contributed by atoms with E-state index in [0.717, 1.165) is 34.8 Å². The first-order valence-electron chi connectivity index (χ1n) is 11.2. The molecule has 0 bridgehead atoms. The van der Waals surface area contributed by atoms with Gasteiger partial charge in [-0.3, -0.25) is 4.79 Å². The molecule has 1 aliphatic rings. The number of carbonyl (C=O) groups is 1. The van der Waals surface area contributed by atoms with Crippen molar-refractivity contribution in [2.24, 2.45) is 0 Å². The number of aromatic nitrogens is 3. The molecule has 6 heteroatoms. The summed E-state index contributed by atoms with van der Waals surface area (Å²) in [5.74, 6) is 1.93. The fourth-order valence-corrected chi connectivity index (χ4v) is 4.77. The second kappa shape index (κ2) is 8.54. The summed E-state index contributed by atoms with van der Waals surface area (Å²) < 4.78 is 7.66. The SMILES string of the molecule is CCOc1ccc([C@H]2c3[nH]c4ccccc4c3CCN2C(=O)CCn2ccnc2C)cc1. The number of imidazole rings is 1. The Hall–Kier alpha value is -3.54. The van der Waals surface area contributed by atoms with E-state index < -0.39 is 0 Å². The van der Waals surface area contributed by atoms with Crippen LogP contribution >= 0.6 is 0 Å². The number of hydrogen-bond donors (Lipinski definition) is 1. The summed E-state index contributed by atoms with van der Waals surface area (Å²) in [5, 5.41) is 1.25. The zero-order valence-electron chi connectivity index (χ0n) is 18.5. The highest BCUT2D eigenvalue weighted by Gasteiger charge is 2.34. The lowest BCUT2D eigenvalue weighted by molar-refractivity contribution is -0.133. The molecule has 5 rings (SSSR count). The third kappa shape index (κ3) is 3.66. The minimum atomic E-state index is -0.141. The Bertz CT molecular complexity index is 1240. The first-order chi connectivity index (χ1) is 15.7. The molecule has 0 spiro atoms. The highest BCUT2D eigenvalue weighted by molar-refractivity contribution is 5.86. The van der Waals surface area contributed by atoms with Gasteiger partial charge >= 0.3 is 0 Å².